The van der Waals surface area contributed by atoms with Crippen molar-refractivity contribution in [2.45, 2.75) is 63.7 Å². The lowest BCUT2D eigenvalue weighted by molar-refractivity contribution is -0.165. The number of aromatic nitrogens is 1. The lowest BCUT2D eigenvalue weighted by atomic mass is 9.74. The molecule has 1 spiro atoms. The smallest absolute Gasteiger partial charge is 0.312 e. The van der Waals surface area contributed by atoms with E-state index in [0.717, 1.165) is 31.6 Å². The molecule has 2 atom stereocenters. The van der Waals surface area contributed by atoms with E-state index in [0.29, 0.717) is 32.2 Å². The Bertz CT molecular complexity index is 1040. The van der Waals surface area contributed by atoms with E-state index in [4.69, 9.17) is 4.74 Å². The van der Waals surface area contributed by atoms with Crippen LogP contribution in [0.2, 0.25) is 0 Å². The number of halogens is 1. The van der Waals surface area contributed by atoms with Crippen LogP contribution in [0.15, 0.2) is 48.8 Å². The molecule has 4 rings (SSSR count). The lowest BCUT2D eigenvalue weighted by Gasteiger charge is -2.40. The van der Waals surface area contributed by atoms with Crippen LogP contribution in [0.1, 0.15) is 49.7 Å². The molecule has 206 valence electrons. The number of aliphatic hydroxyl groups excluding tert-OH is 2. The van der Waals surface area contributed by atoms with Crippen LogP contribution < -0.4 is 0 Å². The number of likely N-dealkylation sites (tertiary alicyclic amines) is 1. The summed E-state index contributed by atoms with van der Waals surface area (Å²) in [6.07, 6.45) is 4.94. The summed E-state index contributed by atoms with van der Waals surface area (Å²) in [6.45, 7) is 2.80. The van der Waals surface area contributed by atoms with Gasteiger partial charge in [0, 0.05) is 32.0 Å². The molecule has 0 bridgehead atoms. The average Bonchev–Trinajstić information content (AvgIpc) is 2.94. The monoisotopic (exact) mass is 527 g/mol. The summed E-state index contributed by atoms with van der Waals surface area (Å²) in [7, 11) is 0. The number of ether oxygens (including phenoxy) is 1. The SMILES string of the molecule is O=C(Cc1ccc(F)cc1)N1CCCCC2(CCN(Cc3ccncc3)CC2)C(=O)OC[C@@H](O)[C@@H](O)CC1. The fourth-order valence-electron chi connectivity index (χ4n) is 5.36. The third-order valence-electron chi connectivity index (χ3n) is 7.88. The Balaban J connectivity index is 1.40. The molecule has 2 saturated heterocycles. The lowest BCUT2D eigenvalue weighted by Crippen LogP contribution is -2.45. The van der Waals surface area contributed by atoms with Gasteiger partial charge in [0.2, 0.25) is 5.91 Å². The minimum absolute atomic E-state index is 0.111. The van der Waals surface area contributed by atoms with Gasteiger partial charge in [-0.15, -0.1) is 0 Å². The van der Waals surface area contributed by atoms with Gasteiger partial charge in [0.15, 0.2) is 0 Å². The molecular formula is C29H38FN3O5. The Hall–Kier alpha value is -2.88. The number of carbonyl (C=O) groups is 2. The quantitative estimate of drug-likeness (QED) is 0.590. The summed E-state index contributed by atoms with van der Waals surface area (Å²) >= 11 is 0. The summed E-state index contributed by atoms with van der Waals surface area (Å²) in [5.41, 5.74) is 1.25. The second-order valence-corrected chi connectivity index (χ2v) is 10.6. The topological polar surface area (TPSA) is 103 Å². The van der Waals surface area contributed by atoms with Crippen molar-refractivity contribution in [2.75, 3.05) is 32.8 Å². The number of hydrogen-bond acceptors (Lipinski definition) is 7. The molecular weight excluding hydrogens is 489 g/mol. The maximum Gasteiger partial charge on any atom is 0.312 e. The molecule has 1 aromatic carbocycles. The van der Waals surface area contributed by atoms with E-state index in [9.17, 15) is 24.2 Å². The Morgan fingerprint density at radius 2 is 1.66 bits per heavy atom. The van der Waals surface area contributed by atoms with Gasteiger partial charge in [-0.05, 0) is 80.6 Å². The number of esters is 1. The largest absolute Gasteiger partial charge is 0.462 e. The van der Waals surface area contributed by atoms with Gasteiger partial charge < -0.3 is 19.8 Å². The van der Waals surface area contributed by atoms with Crippen molar-refractivity contribution in [3.05, 3.63) is 65.7 Å². The van der Waals surface area contributed by atoms with Gasteiger partial charge in [-0.2, -0.15) is 0 Å². The van der Waals surface area contributed by atoms with E-state index >= 15 is 0 Å². The molecule has 2 aliphatic rings. The number of cyclic esters (lactones) is 1. The van der Waals surface area contributed by atoms with Crippen molar-refractivity contribution in [2.24, 2.45) is 5.41 Å². The van der Waals surface area contributed by atoms with E-state index in [2.05, 4.69) is 9.88 Å². The van der Waals surface area contributed by atoms with Crippen molar-refractivity contribution >= 4 is 11.9 Å². The van der Waals surface area contributed by atoms with Gasteiger partial charge in [0.25, 0.3) is 0 Å². The number of benzene rings is 1. The van der Waals surface area contributed by atoms with Crippen molar-refractivity contribution in [3.8, 4) is 0 Å². The second-order valence-electron chi connectivity index (χ2n) is 10.6. The van der Waals surface area contributed by atoms with Crippen LogP contribution >= 0.6 is 0 Å². The van der Waals surface area contributed by atoms with Gasteiger partial charge in [-0.3, -0.25) is 19.5 Å². The van der Waals surface area contributed by atoms with Gasteiger partial charge in [-0.1, -0.05) is 18.6 Å². The van der Waals surface area contributed by atoms with E-state index in [1.165, 1.54) is 17.7 Å². The van der Waals surface area contributed by atoms with Crippen LogP contribution in [0.4, 0.5) is 4.39 Å². The second kappa shape index (κ2) is 13.3. The summed E-state index contributed by atoms with van der Waals surface area (Å²) in [6, 6.07) is 9.85. The van der Waals surface area contributed by atoms with Gasteiger partial charge in [0.1, 0.15) is 18.5 Å². The van der Waals surface area contributed by atoms with E-state index < -0.39 is 17.6 Å². The predicted octanol–water partition coefficient (Wildman–Crippen LogP) is 2.71. The number of carbonyl (C=O) groups excluding carboxylic acids is 2. The number of aliphatic hydroxyl groups is 2. The third kappa shape index (κ3) is 7.58. The molecule has 0 unspecified atom stereocenters. The molecule has 2 aromatic rings. The fraction of sp³-hybridized carbons (Fsp3) is 0.552. The molecule has 0 saturated carbocycles. The van der Waals surface area contributed by atoms with Gasteiger partial charge >= 0.3 is 5.97 Å². The minimum Gasteiger partial charge on any atom is -0.462 e. The summed E-state index contributed by atoms with van der Waals surface area (Å²) in [5, 5.41) is 20.9. The van der Waals surface area contributed by atoms with Gasteiger partial charge in [-0.25, -0.2) is 4.39 Å². The minimum atomic E-state index is -1.22. The number of pyridine rings is 1. The molecule has 0 radical (unpaired) electrons. The zero-order chi connectivity index (χ0) is 27.0. The van der Waals surface area contributed by atoms with Crippen LogP contribution in [0, 0.1) is 11.2 Å². The molecule has 2 fully saturated rings. The fourth-order valence-corrected chi connectivity index (χ4v) is 5.36. The van der Waals surface area contributed by atoms with Gasteiger partial charge in [0.05, 0.1) is 17.9 Å². The first-order valence-electron chi connectivity index (χ1n) is 13.5. The molecule has 3 heterocycles. The van der Waals surface area contributed by atoms with Crippen LogP contribution in [-0.4, -0.2) is 81.9 Å². The molecule has 38 heavy (non-hydrogen) atoms. The highest BCUT2D eigenvalue weighted by molar-refractivity contribution is 5.79. The maximum absolute atomic E-state index is 13.3. The van der Waals surface area contributed by atoms with Crippen molar-refractivity contribution in [1.29, 1.82) is 0 Å². The first-order chi connectivity index (χ1) is 18.3. The predicted molar refractivity (Wildman–Crippen MR) is 139 cm³/mol. The number of piperidine rings is 1. The standard InChI is InChI=1S/C29H38FN3O5/c30-24-5-3-22(4-6-24)19-27(36)33-15-2-1-10-29(28(37)38-21-26(35)25(34)9-16-33)11-17-32(18-12-29)20-23-7-13-31-14-8-23/h3-8,13-14,25-26,34-35H,1-2,9-12,15-21H2/t25-,26+/m0/s1. The Morgan fingerprint density at radius 3 is 2.37 bits per heavy atom. The van der Waals surface area contributed by atoms with Crippen molar-refractivity contribution in [3.63, 3.8) is 0 Å². The Kier molecular flexibility index (Phi) is 9.82. The summed E-state index contributed by atoms with van der Waals surface area (Å²) in [4.78, 5) is 34.4. The highest BCUT2D eigenvalue weighted by Gasteiger charge is 2.42. The van der Waals surface area contributed by atoms with Crippen LogP contribution in [0.25, 0.3) is 0 Å². The first-order valence-corrected chi connectivity index (χ1v) is 13.5. The molecule has 8 nitrogen and oxygen atoms in total. The van der Waals surface area contributed by atoms with E-state index in [-0.39, 0.29) is 43.7 Å². The van der Waals surface area contributed by atoms with E-state index in [1.54, 1.807) is 29.4 Å². The van der Waals surface area contributed by atoms with Crippen LogP contribution in [-0.2, 0) is 27.3 Å². The van der Waals surface area contributed by atoms with Crippen LogP contribution in [0.5, 0.6) is 0 Å². The zero-order valence-electron chi connectivity index (χ0n) is 21.8. The van der Waals surface area contributed by atoms with E-state index in [1.807, 2.05) is 12.1 Å². The van der Waals surface area contributed by atoms with Crippen LogP contribution in [0.3, 0.4) is 0 Å². The first kappa shape index (κ1) is 28.1. The average molecular weight is 528 g/mol. The summed E-state index contributed by atoms with van der Waals surface area (Å²) < 4.78 is 18.8. The number of amides is 1. The summed E-state index contributed by atoms with van der Waals surface area (Å²) in [5.74, 6) is -0.773. The van der Waals surface area contributed by atoms with Crippen molar-refractivity contribution < 1.29 is 28.9 Å². The van der Waals surface area contributed by atoms with Crippen molar-refractivity contribution in [1.82, 2.24) is 14.8 Å². The molecule has 2 aliphatic heterocycles. The third-order valence-corrected chi connectivity index (χ3v) is 7.88. The Labute approximate surface area is 223 Å². The maximum atomic E-state index is 13.3. The molecule has 1 aromatic heterocycles. The zero-order valence-corrected chi connectivity index (χ0v) is 21.8. The molecule has 1 amide bonds. The number of rotatable bonds is 4. The molecule has 0 aliphatic carbocycles. The number of nitrogens with zero attached hydrogens (tertiary/aromatic N) is 3. The highest BCUT2D eigenvalue weighted by atomic mass is 19.1. The Morgan fingerprint density at radius 1 is 0.947 bits per heavy atom. The highest BCUT2D eigenvalue weighted by Crippen LogP contribution is 2.38. The normalized spacial score (nSPS) is 23.7. The molecule has 9 heteroatoms. The molecule has 2 N–H and O–H groups in total. The number of hydrogen-bond donors (Lipinski definition) is 2.